The Balaban J connectivity index is 2.54. The molecular formula is C12H20Br4. The second-order valence-electron chi connectivity index (χ2n) is 4.74. The van der Waals surface area contributed by atoms with Crippen molar-refractivity contribution in [3.05, 3.63) is 0 Å². The molecule has 0 aromatic carbocycles. The Kier molecular flexibility index (Phi) is 7.48. The van der Waals surface area contributed by atoms with Gasteiger partial charge in [-0.1, -0.05) is 115 Å². The Labute approximate surface area is 133 Å². The summed E-state index contributed by atoms with van der Waals surface area (Å²) >= 11 is 15.3. The van der Waals surface area contributed by atoms with Crippen molar-refractivity contribution in [2.24, 2.45) is 0 Å². The molecule has 1 rings (SSSR count). The van der Waals surface area contributed by atoms with E-state index >= 15 is 0 Å². The fraction of sp³-hybridized carbons (Fsp3) is 1.00. The van der Waals surface area contributed by atoms with Gasteiger partial charge in [0.2, 0.25) is 0 Å². The van der Waals surface area contributed by atoms with Crippen LogP contribution in [0.2, 0.25) is 0 Å². The largest absolute Gasteiger partial charge is 0.105 e. The molecule has 0 spiro atoms. The molecule has 0 heterocycles. The van der Waals surface area contributed by atoms with Gasteiger partial charge in [-0.05, 0) is 12.8 Å². The molecule has 1 saturated carbocycles. The standard InChI is InChI=1S/C12H20Br4/c13-11(14)9-7-5-3-1-2-4-6-8-10-12(11,15)16/h1-10H2. The summed E-state index contributed by atoms with van der Waals surface area (Å²) in [6.45, 7) is 0. The maximum atomic E-state index is 3.83. The Morgan fingerprint density at radius 1 is 0.438 bits per heavy atom. The summed E-state index contributed by atoms with van der Waals surface area (Å²) in [5, 5.41) is 0. The molecule has 0 saturated heterocycles. The summed E-state index contributed by atoms with van der Waals surface area (Å²) in [7, 11) is 0. The molecule has 0 aromatic heterocycles. The van der Waals surface area contributed by atoms with Gasteiger partial charge < -0.3 is 0 Å². The van der Waals surface area contributed by atoms with Crippen LogP contribution < -0.4 is 0 Å². The van der Waals surface area contributed by atoms with E-state index in [1.54, 1.807) is 0 Å². The van der Waals surface area contributed by atoms with Gasteiger partial charge in [-0.25, -0.2) is 0 Å². The predicted octanol–water partition coefficient (Wildman–Crippen LogP) is 6.87. The van der Waals surface area contributed by atoms with Crippen LogP contribution >= 0.6 is 63.7 Å². The van der Waals surface area contributed by atoms with Crippen molar-refractivity contribution in [3.63, 3.8) is 0 Å². The molecule has 0 atom stereocenters. The van der Waals surface area contributed by atoms with Crippen molar-refractivity contribution in [3.8, 4) is 0 Å². The molecular weight excluding hydrogens is 464 g/mol. The SMILES string of the molecule is BrC1(Br)CCCCCCCCCCC1(Br)Br. The van der Waals surface area contributed by atoms with Crippen LogP contribution in [-0.2, 0) is 0 Å². The maximum absolute atomic E-state index is 3.83. The zero-order chi connectivity index (χ0) is 12.1. The zero-order valence-corrected chi connectivity index (χ0v) is 15.9. The molecule has 0 bridgehead atoms. The van der Waals surface area contributed by atoms with E-state index in [-0.39, 0.29) is 6.47 Å². The van der Waals surface area contributed by atoms with Crippen LogP contribution in [0, 0.1) is 0 Å². The van der Waals surface area contributed by atoms with Crippen molar-refractivity contribution in [2.45, 2.75) is 70.7 Å². The van der Waals surface area contributed by atoms with E-state index in [2.05, 4.69) is 63.7 Å². The molecule has 16 heavy (non-hydrogen) atoms. The van der Waals surface area contributed by atoms with Gasteiger partial charge in [0.25, 0.3) is 0 Å². The molecule has 96 valence electrons. The van der Waals surface area contributed by atoms with E-state index in [0.717, 1.165) is 12.8 Å². The summed E-state index contributed by atoms with van der Waals surface area (Å²) in [6, 6.07) is 0. The third-order valence-electron chi connectivity index (χ3n) is 3.27. The number of halogens is 4. The lowest BCUT2D eigenvalue weighted by Crippen LogP contribution is -2.34. The van der Waals surface area contributed by atoms with Gasteiger partial charge in [0.15, 0.2) is 0 Å². The van der Waals surface area contributed by atoms with Gasteiger partial charge in [0.1, 0.15) is 6.47 Å². The normalized spacial score (nSPS) is 27.8. The average Bonchev–Trinajstić information content (AvgIpc) is 2.19. The number of rotatable bonds is 0. The molecule has 1 fully saturated rings. The Morgan fingerprint density at radius 2 is 0.688 bits per heavy atom. The van der Waals surface area contributed by atoms with E-state index in [4.69, 9.17) is 0 Å². The van der Waals surface area contributed by atoms with Gasteiger partial charge in [-0.15, -0.1) is 0 Å². The van der Waals surface area contributed by atoms with Gasteiger partial charge >= 0.3 is 0 Å². The first-order valence-electron chi connectivity index (χ1n) is 6.21. The van der Waals surface area contributed by atoms with Crippen LogP contribution in [0.15, 0.2) is 0 Å². The van der Waals surface area contributed by atoms with Crippen molar-refractivity contribution >= 4 is 63.7 Å². The van der Waals surface area contributed by atoms with Gasteiger partial charge in [-0.3, -0.25) is 0 Å². The third-order valence-corrected chi connectivity index (χ3v) is 9.69. The highest BCUT2D eigenvalue weighted by Crippen LogP contribution is 2.54. The van der Waals surface area contributed by atoms with Crippen molar-refractivity contribution in [1.82, 2.24) is 0 Å². The van der Waals surface area contributed by atoms with E-state index in [1.165, 1.54) is 51.4 Å². The molecule has 0 nitrogen and oxygen atoms in total. The van der Waals surface area contributed by atoms with E-state index in [9.17, 15) is 0 Å². The smallest absolute Gasteiger partial charge is 0.0702 e. The lowest BCUT2D eigenvalue weighted by Gasteiger charge is -2.35. The molecule has 4 heteroatoms. The molecule has 0 radical (unpaired) electrons. The molecule has 1 aliphatic rings. The van der Waals surface area contributed by atoms with Crippen LogP contribution in [-0.4, -0.2) is 6.47 Å². The number of hydrogen-bond donors (Lipinski definition) is 0. The second-order valence-corrected chi connectivity index (χ2v) is 12.3. The third kappa shape index (κ3) is 5.27. The quantitative estimate of drug-likeness (QED) is 0.330. The van der Waals surface area contributed by atoms with Gasteiger partial charge in [0.05, 0.1) is 0 Å². The Hall–Kier alpha value is 1.92. The van der Waals surface area contributed by atoms with Crippen LogP contribution in [0.3, 0.4) is 0 Å². The summed E-state index contributed by atoms with van der Waals surface area (Å²) in [5.74, 6) is 0. The van der Waals surface area contributed by atoms with E-state index in [1.807, 2.05) is 0 Å². The Morgan fingerprint density at radius 3 is 1.00 bits per heavy atom. The summed E-state index contributed by atoms with van der Waals surface area (Å²) < 4.78 is -0.0433. The van der Waals surface area contributed by atoms with E-state index < -0.39 is 0 Å². The predicted molar refractivity (Wildman–Crippen MR) is 87.3 cm³/mol. The first-order valence-corrected chi connectivity index (χ1v) is 9.39. The van der Waals surface area contributed by atoms with E-state index in [0.29, 0.717) is 0 Å². The minimum absolute atomic E-state index is 0.0216. The first kappa shape index (κ1) is 16.0. The average molecular weight is 484 g/mol. The highest BCUT2D eigenvalue weighted by molar-refractivity contribution is 9.30. The summed E-state index contributed by atoms with van der Waals surface area (Å²) in [6.07, 6.45) is 13.2. The van der Waals surface area contributed by atoms with Crippen LogP contribution in [0.25, 0.3) is 0 Å². The Bertz CT molecular complexity index is 179. The lowest BCUT2D eigenvalue weighted by atomic mass is 10.0. The molecule has 0 aromatic rings. The minimum Gasteiger partial charge on any atom is -0.0702 e. The molecule has 0 unspecified atom stereocenters. The highest BCUT2D eigenvalue weighted by atomic mass is 79.9. The van der Waals surface area contributed by atoms with Crippen molar-refractivity contribution in [2.75, 3.05) is 0 Å². The first-order chi connectivity index (χ1) is 7.46. The topological polar surface area (TPSA) is 0 Å². The van der Waals surface area contributed by atoms with Crippen LogP contribution in [0.4, 0.5) is 0 Å². The lowest BCUT2D eigenvalue weighted by molar-refractivity contribution is 0.502. The summed E-state index contributed by atoms with van der Waals surface area (Å²) in [5.41, 5.74) is 0. The van der Waals surface area contributed by atoms with Crippen molar-refractivity contribution in [1.29, 1.82) is 0 Å². The van der Waals surface area contributed by atoms with Crippen LogP contribution in [0.5, 0.6) is 0 Å². The molecule has 0 N–H and O–H groups in total. The van der Waals surface area contributed by atoms with Crippen molar-refractivity contribution < 1.29 is 0 Å². The van der Waals surface area contributed by atoms with Crippen LogP contribution in [0.1, 0.15) is 64.2 Å². The monoisotopic (exact) mass is 480 g/mol. The fourth-order valence-corrected chi connectivity index (χ4v) is 4.03. The molecule has 0 amide bonds. The maximum Gasteiger partial charge on any atom is 0.105 e. The molecule has 1 aliphatic carbocycles. The highest BCUT2D eigenvalue weighted by Gasteiger charge is 2.43. The number of alkyl halides is 4. The molecule has 0 aliphatic heterocycles. The zero-order valence-electron chi connectivity index (χ0n) is 9.58. The minimum atomic E-state index is -0.0216. The van der Waals surface area contributed by atoms with Gasteiger partial charge in [-0.2, -0.15) is 0 Å². The second kappa shape index (κ2) is 7.49. The van der Waals surface area contributed by atoms with Gasteiger partial charge in [0, 0.05) is 0 Å². The summed E-state index contributed by atoms with van der Waals surface area (Å²) in [4.78, 5) is 0. The fourth-order valence-electron chi connectivity index (χ4n) is 2.12. The number of hydrogen-bond acceptors (Lipinski definition) is 0.